The van der Waals surface area contributed by atoms with Gasteiger partial charge >= 0.3 is 5.97 Å². The van der Waals surface area contributed by atoms with Crippen LogP contribution in [0.3, 0.4) is 0 Å². The van der Waals surface area contributed by atoms with Gasteiger partial charge in [0.05, 0.1) is 17.1 Å². The topological polar surface area (TPSA) is 90.5 Å². The molecule has 0 aliphatic heterocycles. The normalized spacial score (nSPS) is 11.7. The first-order valence-electron chi connectivity index (χ1n) is 8.31. The van der Waals surface area contributed by atoms with Crippen molar-refractivity contribution in [3.8, 4) is 0 Å². The molecular weight excluding hydrogens is 354 g/mol. The first-order chi connectivity index (χ1) is 12.6. The highest BCUT2D eigenvalue weighted by atomic mass is 35.5. The summed E-state index contributed by atoms with van der Waals surface area (Å²) in [6.07, 6.45) is -0.181. The number of hydrogen-bond acceptors (Lipinski definition) is 4. The third-order valence-electron chi connectivity index (χ3n) is 3.70. The van der Waals surface area contributed by atoms with Gasteiger partial charge in [0.15, 0.2) is 0 Å². The molecule has 1 atom stereocenters. The Morgan fingerprint density at radius 3 is 2.38 bits per heavy atom. The molecule has 0 aliphatic rings. The zero-order chi connectivity index (χ0) is 18.8. The molecule has 7 heteroatoms. The van der Waals surface area contributed by atoms with Gasteiger partial charge in [0.2, 0.25) is 5.91 Å². The lowest BCUT2D eigenvalue weighted by atomic mass is 10.2. The summed E-state index contributed by atoms with van der Waals surface area (Å²) in [6.45, 7) is 1.72. The van der Waals surface area contributed by atoms with E-state index in [9.17, 15) is 14.7 Å². The minimum absolute atomic E-state index is 0.181. The van der Waals surface area contributed by atoms with Gasteiger partial charge in [0.25, 0.3) is 0 Å². The molecule has 4 N–H and O–H groups in total. The largest absolute Gasteiger partial charge is 0.480 e. The summed E-state index contributed by atoms with van der Waals surface area (Å²) >= 11 is 5.98. The standard InChI is InChI=1S/C19H22ClN3O3/c20-15-8-4-5-9-16(15)23-18(24)12-17(19(25)26)22-11-10-21-13-14-6-2-1-3-7-14/h1-9,17,21-22H,10-13H2,(H,23,24)(H,25,26)/t17-/m1/s1. The Hall–Kier alpha value is -2.41. The van der Waals surface area contributed by atoms with Crippen molar-refractivity contribution in [1.82, 2.24) is 10.6 Å². The van der Waals surface area contributed by atoms with E-state index in [2.05, 4.69) is 16.0 Å². The molecule has 0 heterocycles. The molecule has 6 nitrogen and oxygen atoms in total. The lowest BCUT2D eigenvalue weighted by Crippen LogP contribution is -2.42. The second-order valence-corrected chi connectivity index (χ2v) is 6.15. The van der Waals surface area contributed by atoms with Crippen LogP contribution in [-0.2, 0) is 16.1 Å². The number of nitrogens with one attached hydrogen (secondary N) is 3. The molecule has 138 valence electrons. The van der Waals surface area contributed by atoms with Gasteiger partial charge in [-0.15, -0.1) is 0 Å². The third-order valence-corrected chi connectivity index (χ3v) is 4.03. The maximum Gasteiger partial charge on any atom is 0.321 e. The van der Waals surface area contributed by atoms with Gasteiger partial charge < -0.3 is 21.1 Å². The Kier molecular flexibility index (Phi) is 8.08. The van der Waals surface area contributed by atoms with Crippen LogP contribution in [0.4, 0.5) is 5.69 Å². The van der Waals surface area contributed by atoms with Crippen molar-refractivity contribution in [1.29, 1.82) is 0 Å². The van der Waals surface area contributed by atoms with E-state index >= 15 is 0 Å². The number of rotatable bonds is 10. The lowest BCUT2D eigenvalue weighted by molar-refractivity contribution is -0.141. The van der Waals surface area contributed by atoms with Crippen molar-refractivity contribution in [3.63, 3.8) is 0 Å². The van der Waals surface area contributed by atoms with Crippen LogP contribution < -0.4 is 16.0 Å². The van der Waals surface area contributed by atoms with E-state index in [1.807, 2.05) is 30.3 Å². The van der Waals surface area contributed by atoms with Crippen molar-refractivity contribution in [2.45, 2.75) is 19.0 Å². The molecule has 2 aromatic rings. The minimum atomic E-state index is -1.07. The highest BCUT2D eigenvalue weighted by Crippen LogP contribution is 2.20. The fourth-order valence-corrected chi connectivity index (χ4v) is 2.54. The smallest absolute Gasteiger partial charge is 0.321 e. The van der Waals surface area contributed by atoms with Gasteiger partial charge in [0, 0.05) is 19.6 Å². The second kappa shape index (κ2) is 10.6. The predicted octanol–water partition coefficient (Wildman–Crippen LogP) is 2.50. The summed E-state index contributed by atoms with van der Waals surface area (Å²) in [5, 5.41) is 18.4. The van der Waals surface area contributed by atoms with Crippen LogP contribution in [0.25, 0.3) is 0 Å². The average molecular weight is 376 g/mol. The van der Waals surface area contributed by atoms with Crippen LogP contribution in [0.5, 0.6) is 0 Å². The molecule has 0 bridgehead atoms. The van der Waals surface area contributed by atoms with Crippen LogP contribution in [0.15, 0.2) is 54.6 Å². The Morgan fingerprint density at radius 1 is 1.00 bits per heavy atom. The van der Waals surface area contributed by atoms with Gasteiger partial charge in [-0.1, -0.05) is 54.1 Å². The summed E-state index contributed by atoms with van der Waals surface area (Å²) in [5.74, 6) is -1.47. The zero-order valence-electron chi connectivity index (χ0n) is 14.2. The maximum atomic E-state index is 12.1. The molecule has 2 aromatic carbocycles. The summed E-state index contributed by atoms with van der Waals surface area (Å²) in [5.41, 5.74) is 1.62. The Bertz CT molecular complexity index is 725. The van der Waals surface area contributed by atoms with E-state index < -0.39 is 17.9 Å². The first kappa shape index (κ1) is 19.9. The number of para-hydroxylation sites is 1. The number of carboxylic acids is 1. The summed E-state index contributed by atoms with van der Waals surface area (Å²) in [4.78, 5) is 23.4. The van der Waals surface area contributed by atoms with Crippen molar-refractivity contribution in [3.05, 3.63) is 65.2 Å². The molecule has 2 rings (SSSR count). The number of amides is 1. The van der Waals surface area contributed by atoms with Crippen LogP contribution in [0.1, 0.15) is 12.0 Å². The van der Waals surface area contributed by atoms with Gasteiger partial charge in [-0.2, -0.15) is 0 Å². The Morgan fingerprint density at radius 2 is 1.69 bits per heavy atom. The van der Waals surface area contributed by atoms with E-state index in [-0.39, 0.29) is 6.42 Å². The predicted molar refractivity (Wildman–Crippen MR) is 102 cm³/mol. The van der Waals surface area contributed by atoms with Crippen molar-refractivity contribution >= 4 is 29.2 Å². The molecule has 0 aliphatic carbocycles. The van der Waals surface area contributed by atoms with Gasteiger partial charge in [0.1, 0.15) is 6.04 Å². The quantitative estimate of drug-likeness (QED) is 0.479. The molecular formula is C19H22ClN3O3. The fourth-order valence-electron chi connectivity index (χ4n) is 2.36. The summed E-state index contributed by atoms with van der Waals surface area (Å²) < 4.78 is 0. The molecule has 0 saturated carbocycles. The van der Waals surface area contributed by atoms with E-state index in [1.165, 1.54) is 0 Å². The molecule has 26 heavy (non-hydrogen) atoms. The lowest BCUT2D eigenvalue weighted by Gasteiger charge is -2.15. The van der Waals surface area contributed by atoms with E-state index in [4.69, 9.17) is 11.6 Å². The number of halogens is 1. The van der Waals surface area contributed by atoms with Gasteiger partial charge in [-0.05, 0) is 17.7 Å². The van der Waals surface area contributed by atoms with Crippen LogP contribution in [0.2, 0.25) is 5.02 Å². The SMILES string of the molecule is O=C(C[C@@H](NCCNCc1ccccc1)C(=O)O)Nc1ccccc1Cl. The molecule has 0 saturated heterocycles. The number of carboxylic acid groups (broad SMARTS) is 1. The Labute approximate surface area is 157 Å². The van der Waals surface area contributed by atoms with E-state index in [1.54, 1.807) is 24.3 Å². The number of benzene rings is 2. The van der Waals surface area contributed by atoms with E-state index in [0.717, 1.165) is 5.56 Å². The molecule has 0 fully saturated rings. The van der Waals surface area contributed by atoms with Gasteiger partial charge in [-0.3, -0.25) is 9.59 Å². The van der Waals surface area contributed by atoms with Crippen molar-refractivity contribution in [2.75, 3.05) is 18.4 Å². The van der Waals surface area contributed by atoms with Crippen LogP contribution in [0, 0.1) is 0 Å². The molecule has 0 spiro atoms. The average Bonchev–Trinajstić information content (AvgIpc) is 2.63. The summed E-state index contributed by atoms with van der Waals surface area (Å²) in [7, 11) is 0. The van der Waals surface area contributed by atoms with Crippen LogP contribution >= 0.6 is 11.6 Å². The Balaban J connectivity index is 1.73. The molecule has 0 radical (unpaired) electrons. The first-order valence-corrected chi connectivity index (χ1v) is 8.69. The van der Waals surface area contributed by atoms with Crippen molar-refractivity contribution < 1.29 is 14.7 Å². The van der Waals surface area contributed by atoms with Gasteiger partial charge in [-0.25, -0.2) is 0 Å². The van der Waals surface area contributed by atoms with Crippen molar-refractivity contribution in [2.24, 2.45) is 0 Å². The molecule has 1 amide bonds. The number of carbonyl (C=O) groups is 2. The zero-order valence-corrected chi connectivity index (χ0v) is 15.0. The third kappa shape index (κ3) is 6.84. The minimum Gasteiger partial charge on any atom is -0.480 e. The molecule has 0 unspecified atom stereocenters. The highest BCUT2D eigenvalue weighted by molar-refractivity contribution is 6.33. The van der Waals surface area contributed by atoms with E-state index in [0.29, 0.717) is 30.3 Å². The maximum absolute atomic E-state index is 12.1. The highest BCUT2D eigenvalue weighted by Gasteiger charge is 2.20. The fraction of sp³-hybridized carbons (Fsp3) is 0.263. The number of aliphatic carboxylic acids is 1. The summed E-state index contributed by atoms with van der Waals surface area (Å²) in [6, 6.07) is 15.8. The number of anilines is 1. The molecule has 0 aromatic heterocycles. The number of carbonyl (C=O) groups excluding carboxylic acids is 1. The monoisotopic (exact) mass is 375 g/mol. The number of hydrogen-bond donors (Lipinski definition) is 4. The van der Waals surface area contributed by atoms with Crippen LogP contribution in [-0.4, -0.2) is 36.1 Å². The second-order valence-electron chi connectivity index (χ2n) is 5.74.